The van der Waals surface area contributed by atoms with Gasteiger partial charge in [0.2, 0.25) is 0 Å². The minimum Gasteiger partial charge on any atom is -0.298 e. The van der Waals surface area contributed by atoms with E-state index in [1.807, 2.05) is 0 Å². The minimum absolute atomic E-state index is 0.685. The molecule has 0 N–H and O–H groups in total. The summed E-state index contributed by atoms with van der Waals surface area (Å²) in [7, 11) is 0. The predicted molar refractivity (Wildman–Crippen MR) is 65.7 cm³/mol. The maximum Gasteiger partial charge on any atom is 0.0824 e. The number of rotatable bonds is 2. The molecule has 0 aromatic heterocycles. The first-order valence-electron chi connectivity index (χ1n) is 7.02. The second-order valence-electron chi connectivity index (χ2n) is 5.98. The highest BCUT2D eigenvalue weighted by atomic mass is 15.7. The van der Waals surface area contributed by atoms with E-state index >= 15 is 0 Å². The summed E-state index contributed by atoms with van der Waals surface area (Å²) in [6.45, 7) is 10.8. The summed E-state index contributed by atoms with van der Waals surface area (Å²) in [6, 6.07) is 0.780. The number of likely N-dealkylation sites (N-methyl/N-ethyl adjacent to an activating group) is 1. The Labute approximate surface area is 104 Å². The molecule has 0 aromatic carbocycles. The van der Waals surface area contributed by atoms with Crippen molar-refractivity contribution in [3.05, 3.63) is 0 Å². The highest BCUT2D eigenvalue weighted by Gasteiger charge is 2.48. The molecule has 0 radical (unpaired) electrons. The van der Waals surface area contributed by atoms with E-state index in [9.17, 15) is 0 Å². The van der Waals surface area contributed by atoms with Crippen molar-refractivity contribution in [2.75, 3.05) is 46.4 Å². The SMILES string of the molecule is CCN1CCC[C@H]1C1N2CN3CN(C2)CN1C3. The molecule has 5 fully saturated rings. The summed E-state index contributed by atoms with van der Waals surface area (Å²) >= 11 is 0. The topological polar surface area (TPSA) is 16.2 Å². The largest absolute Gasteiger partial charge is 0.298 e. The molecular weight excluding hydrogens is 214 g/mol. The monoisotopic (exact) mass is 237 g/mol. The van der Waals surface area contributed by atoms with Gasteiger partial charge in [-0.1, -0.05) is 6.92 Å². The van der Waals surface area contributed by atoms with Gasteiger partial charge in [0.05, 0.1) is 39.5 Å². The maximum atomic E-state index is 2.69. The first-order valence-corrected chi connectivity index (χ1v) is 7.02. The Bertz CT molecular complexity index is 279. The van der Waals surface area contributed by atoms with Crippen LogP contribution < -0.4 is 0 Å². The lowest BCUT2D eigenvalue weighted by Crippen LogP contribution is -2.78. The lowest BCUT2D eigenvalue weighted by Gasteiger charge is -2.62. The van der Waals surface area contributed by atoms with Gasteiger partial charge in [0.1, 0.15) is 0 Å². The Kier molecular flexibility index (Phi) is 2.45. The second kappa shape index (κ2) is 3.90. The second-order valence-corrected chi connectivity index (χ2v) is 5.98. The number of nitrogens with zero attached hydrogens (tertiary/aromatic N) is 5. The highest BCUT2D eigenvalue weighted by molar-refractivity contribution is 4.96. The van der Waals surface area contributed by atoms with Crippen LogP contribution in [-0.2, 0) is 0 Å². The van der Waals surface area contributed by atoms with Gasteiger partial charge in [0.15, 0.2) is 0 Å². The van der Waals surface area contributed by atoms with E-state index in [0.29, 0.717) is 6.17 Å². The summed E-state index contributed by atoms with van der Waals surface area (Å²) in [5.41, 5.74) is 0. The van der Waals surface area contributed by atoms with E-state index in [1.165, 1.54) is 59.3 Å². The lowest BCUT2D eigenvalue weighted by molar-refractivity contribution is -0.242. The van der Waals surface area contributed by atoms with Crippen molar-refractivity contribution in [3.8, 4) is 0 Å². The molecule has 96 valence electrons. The van der Waals surface area contributed by atoms with E-state index in [2.05, 4.69) is 31.4 Å². The third kappa shape index (κ3) is 1.57. The standard InChI is InChI=1S/C12H23N5/c1-2-15-5-3-4-11(15)12-16-7-13-6-14(9-16)10-17(12)8-13/h11-12H,2-10H2,1H3/t11-/m0/s1. The van der Waals surface area contributed by atoms with Crippen LogP contribution in [-0.4, -0.2) is 83.1 Å². The fourth-order valence-corrected chi connectivity index (χ4v) is 4.30. The lowest BCUT2D eigenvalue weighted by atomic mass is 10.1. The van der Waals surface area contributed by atoms with E-state index in [1.54, 1.807) is 0 Å². The van der Waals surface area contributed by atoms with Crippen molar-refractivity contribution in [1.29, 1.82) is 0 Å². The van der Waals surface area contributed by atoms with Gasteiger partial charge < -0.3 is 0 Å². The van der Waals surface area contributed by atoms with Gasteiger partial charge >= 0.3 is 0 Å². The molecule has 0 aliphatic carbocycles. The Balaban J connectivity index is 1.57. The van der Waals surface area contributed by atoms with Crippen LogP contribution in [0.25, 0.3) is 0 Å². The van der Waals surface area contributed by atoms with Gasteiger partial charge in [0.25, 0.3) is 0 Å². The minimum atomic E-state index is 0.685. The van der Waals surface area contributed by atoms with Gasteiger partial charge in [0, 0.05) is 6.04 Å². The molecule has 0 spiro atoms. The zero-order valence-electron chi connectivity index (χ0n) is 10.8. The van der Waals surface area contributed by atoms with Crippen molar-refractivity contribution >= 4 is 0 Å². The molecule has 0 amide bonds. The Morgan fingerprint density at radius 2 is 1.59 bits per heavy atom. The molecule has 5 rings (SSSR count). The molecule has 0 aromatic rings. The first kappa shape index (κ1) is 10.7. The third-order valence-corrected chi connectivity index (χ3v) is 4.84. The molecule has 5 saturated heterocycles. The van der Waals surface area contributed by atoms with E-state index in [4.69, 9.17) is 0 Å². The van der Waals surface area contributed by atoms with E-state index < -0.39 is 0 Å². The van der Waals surface area contributed by atoms with Crippen LogP contribution in [0.1, 0.15) is 19.8 Å². The van der Waals surface area contributed by atoms with Gasteiger partial charge in [-0.15, -0.1) is 0 Å². The summed E-state index contributed by atoms with van der Waals surface area (Å²) in [6.07, 6.45) is 3.47. The molecule has 1 atom stereocenters. The zero-order chi connectivity index (χ0) is 11.4. The molecule has 5 aliphatic rings. The average Bonchev–Trinajstić information content (AvgIpc) is 2.75. The fourth-order valence-electron chi connectivity index (χ4n) is 4.30. The van der Waals surface area contributed by atoms with Crippen LogP contribution in [0.3, 0.4) is 0 Å². The molecule has 17 heavy (non-hydrogen) atoms. The number of hydrogen-bond donors (Lipinski definition) is 0. The fraction of sp³-hybridized carbons (Fsp3) is 1.00. The van der Waals surface area contributed by atoms with E-state index in [0.717, 1.165) is 6.04 Å². The number of likely N-dealkylation sites (tertiary alicyclic amines) is 1. The van der Waals surface area contributed by atoms with Crippen molar-refractivity contribution in [2.24, 2.45) is 0 Å². The van der Waals surface area contributed by atoms with Crippen LogP contribution in [0.4, 0.5) is 0 Å². The van der Waals surface area contributed by atoms with Crippen LogP contribution >= 0.6 is 0 Å². The average molecular weight is 237 g/mol. The summed E-state index contributed by atoms with van der Waals surface area (Å²) < 4.78 is 0. The molecule has 5 aliphatic heterocycles. The molecule has 5 heteroatoms. The van der Waals surface area contributed by atoms with Crippen LogP contribution in [0.15, 0.2) is 0 Å². The molecule has 0 unspecified atom stereocenters. The number of hydrogen-bond acceptors (Lipinski definition) is 5. The summed E-state index contributed by atoms with van der Waals surface area (Å²) in [4.78, 5) is 13.1. The predicted octanol–water partition coefficient (Wildman–Crippen LogP) is -0.167. The zero-order valence-corrected chi connectivity index (χ0v) is 10.8. The van der Waals surface area contributed by atoms with Gasteiger partial charge in [-0.3, -0.25) is 24.5 Å². The maximum absolute atomic E-state index is 2.69. The van der Waals surface area contributed by atoms with Gasteiger partial charge in [-0.05, 0) is 25.9 Å². The first-order chi connectivity index (χ1) is 8.35. The van der Waals surface area contributed by atoms with Crippen molar-refractivity contribution in [2.45, 2.75) is 32.0 Å². The normalized spacial score (nSPS) is 53.5. The molecule has 5 nitrogen and oxygen atoms in total. The summed E-state index contributed by atoms with van der Waals surface area (Å²) in [5, 5.41) is 0. The van der Waals surface area contributed by atoms with Gasteiger partial charge in [-0.2, -0.15) is 0 Å². The third-order valence-electron chi connectivity index (χ3n) is 4.84. The van der Waals surface area contributed by atoms with Crippen molar-refractivity contribution in [3.63, 3.8) is 0 Å². The Hall–Kier alpha value is -0.200. The Morgan fingerprint density at radius 1 is 0.941 bits per heavy atom. The smallest absolute Gasteiger partial charge is 0.0824 e. The molecule has 0 saturated carbocycles. The molecular formula is C12H23N5. The van der Waals surface area contributed by atoms with Crippen LogP contribution in [0, 0.1) is 0 Å². The van der Waals surface area contributed by atoms with Crippen LogP contribution in [0.2, 0.25) is 0 Å². The highest BCUT2D eigenvalue weighted by Crippen LogP contribution is 2.33. The molecule has 5 heterocycles. The Morgan fingerprint density at radius 3 is 2.18 bits per heavy atom. The molecule has 4 bridgehead atoms. The van der Waals surface area contributed by atoms with Crippen molar-refractivity contribution < 1.29 is 0 Å². The van der Waals surface area contributed by atoms with Crippen LogP contribution in [0.5, 0.6) is 0 Å². The van der Waals surface area contributed by atoms with Gasteiger partial charge in [-0.25, -0.2) is 0 Å². The summed E-state index contributed by atoms with van der Waals surface area (Å²) in [5.74, 6) is 0. The quantitative estimate of drug-likeness (QED) is 0.661. The van der Waals surface area contributed by atoms with E-state index in [-0.39, 0.29) is 0 Å². The van der Waals surface area contributed by atoms with Crippen molar-refractivity contribution in [1.82, 2.24) is 24.5 Å².